The number of carbonyl (C=O) groups excluding carboxylic acids is 1. The van der Waals surface area contributed by atoms with Gasteiger partial charge in [0.05, 0.1) is 11.2 Å². The summed E-state index contributed by atoms with van der Waals surface area (Å²) in [5, 5.41) is 5.25. The summed E-state index contributed by atoms with van der Waals surface area (Å²) in [5.74, 6) is 1.31. The Hall–Kier alpha value is -2.12. The first-order valence-electron chi connectivity index (χ1n) is 7.10. The average molecular weight is 317 g/mol. The second-order valence-corrected chi connectivity index (χ2v) is 6.36. The third-order valence-electron chi connectivity index (χ3n) is 3.80. The fourth-order valence-electron chi connectivity index (χ4n) is 2.25. The van der Waals surface area contributed by atoms with Gasteiger partial charge in [-0.1, -0.05) is 0 Å². The molecule has 2 aliphatic rings. The molecule has 0 radical (unpaired) electrons. The molecule has 22 heavy (non-hydrogen) atoms. The van der Waals surface area contributed by atoms with E-state index in [2.05, 4.69) is 10.3 Å². The number of amides is 1. The van der Waals surface area contributed by atoms with Crippen LogP contribution in [-0.4, -0.2) is 29.6 Å². The monoisotopic (exact) mass is 317 g/mol. The van der Waals surface area contributed by atoms with E-state index in [1.54, 1.807) is 0 Å². The maximum absolute atomic E-state index is 11.9. The van der Waals surface area contributed by atoms with E-state index in [4.69, 9.17) is 15.2 Å². The molecule has 0 bridgehead atoms. The lowest BCUT2D eigenvalue weighted by Gasteiger charge is -2.18. The van der Waals surface area contributed by atoms with Gasteiger partial charge < -0.3 is 20.5 Å². The minimum absolute atomic E-state index is 0.157. The van der Waals surface area contributed by atoms with Crippen molar-refractivity contribution in [2.75, 3.05) is 18.5 Å². The quantitative estimate of drug-likeness (QED) is 0.904. The van der Waals surface area contributed by atoms with E-state index in [-0.39, 0.29) is 5.91 Å². The van der Waals surface area contributed by atoms with Crippen LogP contribution in [0.1, 0.15) is 12.8 Å². The Bertz CT molecular complexity index is 739. The van der Waals surface area contributed by atoms with Crippen molar-refractivity contribution in [3.63, 3.8) is 0 Å². The number of hydrogen-bond donors (Lipinski definition) is 2. The van der Waals surface area contributed by atoms with Gasteiger partial charge in [-0.25, -0.2) is 4.98 Å². The van der Waals surface area contributed by atoms with Gasteiger partial charge in [0.2, 0.25) is 5.91 Å². The highest BCUT2D eigenvalue weighted by Crippen LogP contribution is 2.36. The van der Waals surface area contributed by atoms with Crippen LogP contribution in [0, 0.1) is 0 Å². The van der Waals surface area contributed by atoms with Crippen LogP contribution in [0.3, 0.4) is 0 Å². The molecule has 1 aromatic carbocycles. The number of carbonyl (C=O) groups is 1. The average Bonchev–Trinajstić information content (AvgIpc) is 3.12. The molecule has 1 aliphatic heterocycles. The largest absolute Gasteiger partial charge is 0.486 e. The number of thiazole rings is 1. The molecule has 4 rings (SSSR count). The number of benzene rings is 1. The number of anilines is 1. The van der Waals surface area contributed by atoms with Crippen molar-refractivity contribution in [3.8, 4) is 22.8 Å². The van der Waals surface area contributed by atoms with Crippen LogP contribution in [0.15, 0.2) is 23.6 Å². The number of fused-ring (bicyclic) bond motifs is 1. The normalized spacial score (nSPS) is 17.9. The van der Waals surface area contributed by atoms with Crippen LogP contribution in [-0.2, 0) is 4.79 Å². The minimum atomic E-state index is -0.692. The first-order chi connectivity index (χ1) is 10.6. The van der Waals surface area contributed by atoms with Gasteiger partial charge in [0, 0.05) is 10.9 Å². The van der Waals surface area contributed by atoms with Gasteiger partial charge in [0.1, 0.15) is 13.2 Å². The Balaban J connectivity index is 1.55. The topological polar surface area (TPSA) is 86.5 Å². The number of nitrogens with one attached hydrogen (secondary N) is 1. The highest BCUT2D eigenvalue weighted by Gasteiger charge is 2.46. The molecule has 1 fully saturated rings. The van der Waals surface area contributed by atoms with Crippen LogP contribution >= 0.6 is 11.3 Å². The second-order valence-electron chi connectivity index (χ2n) is 5.51. The van der Waals surface area contributed by atoms with Crippen molar-refractivity contribution in [1.82, 2.24) is 4.98 Å². The lowest BCUT2D eigenvalue weighted by atomic mass is 10.1. The van der Waals surface area contributed by atoms with Gasteiger partial charge in [-0.2, -0.15) is 0 Å². The standard InChI is InChI=1S/C15H15N3O3S/c16-15(3-4-15)13(19)18-14-17-10(8-22-14)9-1-2-11-12(7-9)21-6-5-20-11/h1-2,7-8H,3-6,16H2,(H,17,18,19). The third kappa shape index (κ3) is 2.42. The summed E-state index contributed by atoms with van der Waals surface area (Å²) in [5.41, 5.74) is 6.89. The Kier molecular flexibility index (Phi) is 3.05. The van der Waals surface area contributed by atoms with Crippen LogP contribution in [0.5, 0.6) is 11.5 Å². The van der Waals surface area contributed by atoms with E-state index in [0.29, 0.717) is 18.3 Å². The van der Waals surface area contributed by atoms with Gasteiger partial charge in [0.25, 0.3) is 0 Å². The van der Waals surface area contributed by atoms with Crippen LogP contribution in [0.2, 0.25) is 0 Å². The molecule has 1 saturated carbocycles. The number of nitrogens with two attached hydrogens (primary N) is 1. The Labute approximate surface area is 131 Å². The van der Waals surface area contributed by atoms with Gasteiger partial charge in [-0.3, -0.25) is 4.79 Å². The summed E-state index contributed by atoms with van der Waals surface area (Å²) < 4.78 is 11.1. The number of rotatable bonds is 3. The molecule has 0 unspecified atom stereocenters. The first kappa shape index (κ1) is 13.5. The molecule has 6 nitrogen and oxygen atoms in total. The van der Waals surface area contributed by atoms with Crippen LogP contribution < -0.4 is 20.5 Å². The Morgan fingerprint density at radius 2 is 2.05 bits per heavy atom. The van der Waals surface area contributed by atoms with Crippen molar-refractivity contribution in [1.29, 1.82) is 0 Å². The highest BCUT2D eigenvalue weighted by molar-refractivity contribution is 7.14. The van der Waals surface area contributed by atoms with Crippen LogP contribution in [0.25, 0.3) is 11.3 Å². The zero-order chi connectivity index (χ0) is 15.2. The summed E-state index contributed by atoms with van der Waals surface area (Å²) in [7, 11) is 0. The molecule has 0 saturated heterocycles. The summed E-state index contributed by atoms with van der Waals surface area (Å²) in [4.78, 5) is 16.4. The van der Waals surface area contributed by atoms with Crippen molar-refractivity contribution < 1.29 is 14.3 Å². The highest BCUT2D eigenvalue weighted by atomic mass is 32.1. The molecule has 2 heterocycles. The van der Waals surface area contributed by atoms with E-state index in [9.17, 15) is 4.79 Å². The third-order valence-corrected chi connectivity index (χ3v) is 4.56. The van der Waals surface area contributed by atoms with Crippen molar-refractivity contribution in [2.24, 2.45) is 5.73 Å². The van der Waals surface area contributed by atoms with Crippen molar-refractivity contribution >= 4 is 22.4 Å². The maximum Gasteiger partial charge on any atom is 0.246 e. The number of aromatic nitrogens is 1. The molecule has 0 spiro atoms. The van der Waals surface area contributed by atoms with Gasteiger partial charge >= 0.3 is 0 Å². The maximum atomic E-state index is 11.9. The molecule has 0 atom stereocenters. The first-order valence-corrected chi connectivity index (χ1v) is 7.98. The minimum Gasteiger partial charge on any atom is -0.486 e. The second kappa shape index (κ2) is 4.96. The summed E-state index contributed by atoms with van der Waals surface area (Å²) in [6.45, 7) is 1.12. The van der Waals surface area contributed by atoms with Crippen LogP contribution in [0.4, 0.5) is 5.13 Å². The zero-order valence-corrected chi connectivity index (χ0v) is 12.6. The molecule has 2 aromatic rings. The molecule has 114 valence electrons. The Morgan fingerprint density at radius 1 is 1.27 bits per heavy atom. The lowest BCUT2D eigenvalue weighted by molar-refractivity contribution is -0.118. The SMILES string of the molecule is NC1(C(=O)Nc2nc(-c3ccc4c(c3)OCCO4)cs2)CC1. The van der Waals surface area contributed by atoms with E-state index in [1.807, 2.05) is 23.6 Å². The predicted octanol–water partition coefficient (Wildman–Crippen LogP) is 2.01. The molecule has 7 heteroatoms. The summed E-state index contributed by atoms with van der Waals surface area (Å²) in [6, 6.07) is 5.71. The van der Waals surface area contributed by atoms with Crippen molar-refractivity contribution in [3.05, 3.63) is 23.6 Å². The van der Waals surface area contributed by atoms with E-state index in [0.717, 1.165) is 35.6 Å². The summed E-state index contributed by atoms with van der Waals surface area (Å²) in [6.07, 6.45) is 1.47. The van der Waals surface area contributed by atoms with Gasteiger partial charge in [-0.05, 0) is 31.0 Å². The lowest BCUT2D eigenvalue weighted by Crippen LogP contribution is -2.37. The summed E-state index contributed by atoms with van der Waals surface area (Å²) >= 11 is 1.38. The number of hydrogen-bond acceptors (Lipinski definition) is 6. The molecule has 1 aliphatic carbocycles. The number of nitrogens with zero attached hydrogens (tertiary/aromatic N) is 1. The van der Waals surface area contributed by atoms with E-state index < -0.39 is 5.54 Å². The number of ether oxygens (including phenoxy) is 2. The molecule has 1 amide bonds. The van der Waals surface area contributed by atoms with Gasteiger partial charge in [-0.15, -0.1) is 11.3 Å². The fraction of sp³-hybridized carbons (Fsp3) is 0.333. The molecular formula is C15H15N3O3S. The zero-order valence-electron chi connectivity index (χ0n) is 11.8. The molecule has 1 aromatic heterocycles. The predicted molar refractivity (Wildman–Crippen MR) is 83.3 cm³/mol. The fourth-order valence-corrected chi connectivity index (χ4v) is 2.96. The smallest absolute Gasteiger partial charge is 0.246 e. The Morgan fingerprint density at radius 3 is 2.82 bits per heavy atom. The molecular weight excluding hydrogens is 302 g/mol. The van der Waals surface area contributed by atoms with Crippen molar-refractivity contribution in [2.45, 2.75) is 18.4 Å². The van der Waals surface area contributed by atoms with Gasteiger partial charge in [0.15, 0.2) is 16.6 Å². The van der Waals surface area contributed by atoms with E-state index in [1.165, 1.54) is 11.3 Å². The van der Waals surface area contributed by atoms with E-state index >= 15 is 0 Å². The molecule has 3 N–H and O–H groups in total.